The van der Waals surface area contributed by atoms with E-state index in [0.29, 0.717) is 0 Å². The summed E-state index contributed by atoms with van der Waals surface area (Å²) in [5.41, 5.74) is 0. The van der Waals surface area contributed by atoms with E-state index >= 15 is 0 Å². The Bertz CT molecular complexity index is 34.1. The molecule has 1 aromatic heterocycles. The van der Waals surface area contributed by atoms with Crippen LogP contribution in [-0.2, 0) is 32.7 Å². The Morgan fingerprint density at radius 1 is 1.25 bits per heavy atom. The van der Waals surface area contributed by atoms with Crippen LogP contribution in [0, 0.1) is 0 Å². The molecule has 0 aliphatic heterocycles. The van der Waals surface area contributed by atoms with Crippen LogP contribution >= 0.6 is 11.9 Å². The average molecular weight is 153 g/mol. The van der Waals surface area contributed by atoms with Gasteiger partial charge >= 0.3 is 11.9 Å². The summed E-state index contributed by atoms with van der Waals surface area (Å²) in [5.74, 6) is 0. The van der Waals surface area contributed by atoms with E-state index in [9.17, 15) is 0 Å². The molecular formula is O2SY. The van der Waals surface area contributed by atoms with Gasteiger partial charge in [0, 0.05) is 32.7 Å². The molecule has 0 atom stereocenters. The molecule has 0 fully saturated rings. The Morgan fingerprint density at radius 2 is 1.50 bits per heavy atom. The topological polar surface area (TPSA) is 26.3 Å². The van der Waals surface area contributed by atoms with Gasteiger partial charge in [-0.1, -0.05) is 0 Å². The van der Waals surface area contributed by atoms with Crippen molar-refractivity contribution in [3.05, 3.63) is 0 Å². The molecule has 2 nitrogen and oxygen atoms in total. The molecule has 0 saturated carbocycles. The van der Waals surface area contributed by atoms with E-state index in [1.807, 2.05) is 0 Å². The predicted octanol–water partition coefficient (Wildman–Crippen LogP) is 0.932. The summed E-state index contributed by atoms with van der Waals surface area (Å²) in [4.78, 5) is 0. The van der Waals surface area contributed by atoms with Crippen LogP contribution in [0.1, 0.15) is 0 Å². The minimum absolute atomic E-state index is 0. The van der Waals surface area contributed by atoms with E-state index in [-0.39, 0.29) is 32.7 Å². The van der Waals surface area contributed by atoms with Crippen molar-refractivity contribution in [3.8, 4) is 0 Å². The van der Waals surface area contributed by atoms with Crippen LogP contribution in [0.15, 0.2) is 8.02 Å². The second-order valence-electron chi connectivity index (χ2n) is 0.204. The zero-order chi connectivity index (χ0) is 2.12. The molecule has 1 rings (SSSR count). The van der Waals surface area contributed by atoms with Gasteiger partial charge < -0.3 is 0 Å². The fourth-order valence-electron chi connectivity index (χ4n) is 0. The summed E-state index contributed by atoms with van der Waals surface area (Å²) in [7, 11) is 0. The summed E-state index contributed by atoms with van der Waals surface area (Å²) in [6.45, 7) is 0. The molecule has 1 heterocycles. The molecular weight excluding hydrogens is 153 g/mol. The van der Waals surface area contributed by atoms with Gasteiger partial charge in [-0.2, -0.15) is 8.02 Å². The van der Waals surface area contributed by atoms with Gasteiger partial charge in [0.1, 0.15) is 0 Å². The SMILES string of the molecule is [Y].o1os1. The van der Waals surface area contributed by atoms with Crippen LogP contribution in [0.2, 0.25) is 0 Å². The number of rotatable bonds is 0. The summed E-state index contributed by atoms with van der Waals surface area (Å²) >= 11 is 1.000. The Morgan fingerprint density at radius 3 is 1.50 bits per heavy atom. The van der Waals surface area contributed by atoms with Crippen LogP contribution in [-0.4, -0.2) is 0 Å². The first-order valence-corrected chi connectivity index (χ1v) is 1.17. The van der Waals surface area contributed by atoms with Gasteiger partial charge in [-0.05, 0) is 0 Å². The summed E-state index contributed by atoms with van der Waals surface area (Å²) in [6.07, 6.45) is 0. The minimum Gasteiger partial charge on any atom is -0.168 e. The van der Waals surface area contributed by atoms with Crippen molar-refractivity contribution in [2.75, 3.05) is 0 Å². The van der Waals surface area contributed by atoms with E-state index in [4.69, 9.17) is 0 Å². The van der Waals surface area contributed by atoms with Crippen LogP contribution in [0.25, 0.3) is 0 Å². The van der Waals surface area contributed by atoms with E-state index < -0.39 is 0 Å². The monoisotopic (exact) mass is 153 g/mol. The zero-order valence-corrected chi connectivity index (χ0v) is 5.46. The first kappa shape index (κ1) is 4.92. The fourth-order valence-corrected chi connectivity index (χ4v) is 0. The second kappa shape index (κ2) is 2.18. The number of hydrogen-bond acceptors (Lipinski definition) is 3. The minimum atomic E-state index is 0. The molecule has 0 aromatic carbocycles. The smallest absolute Gasteiger partial charge is 0.168 e. The Hall–Kier alpha value is 0.924. The summed E-state index contributed by atoms with van der Waals surface area (Å²) in [6, 6.07) is 0. The van der Waals surface area contributed by atoms with Crippen molar-refractivity contribution in [1.29, 1.82) is 0 Å². The molecule has 0 spiro atoms. The van der Waals surface area contributed by atoms with Gasteiger partial charge in [-0.15, -0.1) is 0 Å². The molecule has 0 amide bonds. The van der Waals surface area contributed by atoms with Gasteiger partial charge in [0.25, 0.3) is 0 Å². The maximum atomic E-state index is 3.92. The van der Waals surface area contributed by atoms with E-state index in [1.165, 1.54) is 0 Å². The van der Waals surface area contributed by atoms with Crippen molar-refractivity contribution < 1.29 is 40.7 Å². The maximum absolute atomic E-state index is 3.92. The molecule has 0 bridgehead atoms. The number of hydrogen-bond donors (Lipinski definition) is 0. The third kappa shape index (κ3) is 2.92. The molecule has 1 aromatic rings. The Labute approximate surface area is 52.4 Å². The van der Waals surface area contributed by atoms with Crippen LogP contribution in [0.3, 0.4) is 0 Å². The van der Waals surface area contributed by atoms with Crippen LogP contribution in [0.5, 0.6) is 0 Å². The van der Waals surface area contributed by atoms with E-state index in [2.05, 4.69) is 8.02 Å². The summed E-state index contributed by atoms with van der Waals surface area (Å²) in [5, 5.41) is 0. The third-order valence-electron chi connectivity index (χ3n) is 0.0680. The molecule has 21 valence electrons. The normalized spacial score (nSPS) is 6.00. The first-order chi connectivity index (χ1) is 1.50. The van der Waals surface area contributed by atoms with Gasteiger partial charge in [0.15, 0.2) is 0 Å². The zero-order valence-electron chi connectivity index (χ0n) is 1.80. The second-order valence-corrected chi connectivity index (χ2v) is 0.612. The molecule has 1 radical (unpaired) electrons. The average Bonchev–Trinajstić information content (AvgIpc) is 1.46. The van der Waals surface area contributed by atoms with Gasteiger partial charge in [0.05, 0.1) is 0 Å². The summed E-state index contributed by atoms with van der Waals surface area (Å²) < 4.78 is 7.83. The largest absolute Gasteiger partial charge is 0.335 e. The molecule has 0 aliphatic carbocycles. The Balaban J connectivity index is 0.0000000900. The first-order valence-electron chi connectivity index (χ1n) is 0.500. The van der Waals surface area contributed by atoms with Crippen molar-refractivity contribution in [2.45, 2.75) is 0 Å². The molecule has 0 aliphatic rings. The van der Waals surface area contributed by atoms with Gasteiger partial charge in [-0.3, -0.25) is 0 Å². The molecule has 4 heteroatoms. The quantitative estimate of drug-likeness (QED) is 0.518. The van der Waals surface area contributed by atoms with Gasteiger partial charge in [0.2, 0.25) is 0 Å². The fraction of sp³-hybridized carbons (Fsp3) is 0. The van der Waals surface area contributed by atoms with Crippen molar-refractivity contribution in [2.24, 2.45) is 0 Å². The predicted molar refractivity (Wildman–Crippen MR) is 8.85 cm³/mol. The molecule has 0 saturated heterocycles. The van der Waals surface area contributed by atoms with E-state index in [1.54, 1.807) is 0 Å². The molecule has 4 heavy (non-hydrogen) atoms. The molecule has 0 unspecified atom stereocenters. The maximum Gasteiger partial charge on any atom is 0.335 e. The Kier molecular flexibility index (Phi) is 2.68. The standard InChI is InChI=1S/O2S.Y/c1-2-3-1;. The van der Waals surface area contributed by atoms with Crippen LogP contribution in [0.4, 0.5) is 0 Å². The third-order valence-corrected chi connectivity index (χ3v) is 0.204. The van der Waals surface area contributed by atoms with Crippen molar-refractivity contribution in [1.82, 2.24) is 0 Å². The van der Waals surface area contributed by atoms with Gasteiger partial charge in [-0.25, -0.2) is 0 Å². The van der Waals surface area contributed by atoms with Crippen LogP contribution < -0.4 is 0 Å². The van der Waals surface area contributed by atoms with E-state index in [0.717, 1.165) is 11.9 Å². The molecule has 0 N–H and O–H groups in total. The van der Waals surface area contributed by atoms with Crippen molar-refractivity contribution >= 4 is 11.9 Å². The van der Waals surface area contributed by atoms with Crippen molar-refractivity contribution in [3.63, 3.8) is 0 Å².